The summed E-state index contributed by atoms with van der Waals surface area (Å²) in [6, 6.07) is 7.16. The van der Waals surface area contributed by atoms with Gasteiger partial charge in [-0.1, -0.05) is 0 Å². The summed E-state index contributed by atoms with van der Waals surface area (Å²) in [6.07, 6.45) is 1.90. The van der Waals surface area contributed by atoms with Crippen molar-refractivity contribution in [2.24, 2.45) is 0 Å². The van der Waals surface area contributed by atoms with Crippen molar-refractivity contribution < 1.29 is 14.7 Å². The standard InChI is InChI=1S/C11H13NO3S/c1-16-9-4-2-8(3-5-9)11(15)12-7-6-10(13)14/h2-5H,6-7H2,1H3,(H,12,15)(H,13,14). The van der Waals surface area contributed by atoms with E-state index in [1.54, 1.807) is 23.9 Å². The third-order valence-corrected chi connectivity index (χ3v) is 2.72. The summed E-state index contributed by atoms with van der Waals surface area (Å²) in [4.78, 5) is 22.8. The van der Waals surface area contributed by atoms with Crippen molar-refractivity contribution in [1.29, 1.82) is 0 Å². The van der Waals surface area contributed by atoms with Gasteiger partial charge in [0.25, 0.3) is 5.91 Å². The topological polar surface area (TPSA) is 66.4 Å². The van der Waals surface area contributed by atoms with E-state index in [2.05, 4.69) is 5.32 Å². The molecule has 0 aliphatic rings. The first-order chi connectivity index (χ1) is 7.63. The second kappa shape index (κ2) is 6.17. The minimum Gasteiger partial charge on any atom is -0.481 e. The van der Waals surface area contributed by atoms with Crippen LogP contribution in [0.15, 0.2) is 29.2 Å². The highest BCUT2D eigenvalue weighted by Gasteiger charge is 2.05. The molecule has 16 heavy (non-hydrogen) atoms. The predicted molar refractivity (Wildman–Crippen MR) is 62.8 cm³/mol. The highest BCUT2D eigenvalue weighted by molar-refractivity contribution is 7.98. The molecule has 2 N–H and O–H groups in total. The Morgan fingerprint density at radius 1 is 1.31 bits per heavy atom. The Morgan fingerprint density at radius 3 is 2.44 bits per heavy atom. The minimum atomic E-state index is -0.918. The van der Waals surface area contributed by atoms with Gasteiger partial charge in [0.15, 0.2) is 0 Å². The maximum Gasteiger partial charge on any atom is 0.305 e. The van der Waals surface area contributed by atoms with Crippen LogP contribution in [0.2, 0.25) is 0 Å². The molecule has 4 nitrogen and oxygen atoms in total. The number of hydrogen-bond acceptors (Lipinski definition) is 3. The summed E-state index contributed by atoms with van der Waals surface area (Å²) in [5, 5.41) is 11.0. The average Bonchev–Trinajstić information content (AvgIpc) is 2.28. The van der Waals surface area contributed by atoms with Crippen LogP contribution in [-0.4, -0.2) is 29.8 Å². The quantitative estimate of drug-likeness (QED) is 0.766. The molecule has 1 aromatic rings. The van der Waals surface area contributed by atoms with E-state index in [4.69, 9.17) is 5.11 Å². The van der Waals surface area contributed by atoms with Crippen molar-refractivity contribution in [2.75, 3.05) is 12.8 Å². The van der Waals surface area contributed by atoms with Crippen LogP contribution in [-0.2, 0) is 4.79 Å². The number of hydrogen-bond donors (Lipinski definition) is 2. The molecule has 0 fully saturated rings. The van der Waals surface area contributed by atoms with Gasteiger partial charge in [-0.25, -0.2) is 0 Å². The molecular weight excluding hydrogens is 226 g/mol. The SMILES string of the molecule is CSc1ccc(C(=O)NCCC(=O)O)cc1. The fourth-order valence-electron chi connectivity index (χ4n) is 1.13. The largest absolute Gasteiger partial charge is 0.481 e. The molecule has 0 heterocycles. The fourth-order valence-corrected chi connectivity index (χ4v) is 1.54. The van der Waals surface area contributed by atoms with Crippen LogP contribution >= 0.6 is 11.8 Å². The Labute approximate surface area is 98.0 Å². The van der Waals surface area contributed by atoms with Gasteiger partial charge in [0.05, 0.1) is 6.42 Å². The van der Waals surface area contributed by atoms with Gasteiger partial charge < -0.3 is 10.4 Å². The summed E-state index contributed by atoms with van der Waals surface area (Å²) in [5.74, 6) is -1.16. The first-order valence-electron chi connectivity index (χ1n) is 4.77. The van der Waals surface area contributed by atoms with Gasteiger partial charge in [-0.05, 0) is 30.5 Å². The van der Waals surface area contributed by atoms with Crippen molar-refractivity contribution >= 4 is 23.6 Å². The zero-order valence-corrected chi connectivity index (χ0v) is 9.71. The smallest absolute Gasteiger partial charge is 0.305 e. The zero-order valence-electron chi connectivity index (χ0n) is 8.90. The van der Waals surface area contributed by atoms with Gasteiger partial charge in [-0.3, -0.25) is 9.59 Å². The van der Waals surface area contributed by atoms with Crippen molar-refractivity contribution in [3.05, 3.63) is 29.8 Å². The number of thioether (sulfide) groups is 1. The van der Waals surface area contributed by atoms with E-state index < -0.39 is 5.97 Å². The molecule has 0 spiro atoms. The van der Waals surface area contributed by atoms with Gasteiger partial charge in [-0.2, -0.15) is 0 Å². The molecule has 0 aromatic heterocycles. The number of carbonyl (C=O) groups is 2. The monoisotopic (exact) mass is 239 g/mol. The van der Waals surface area contributed by atoms with E-state index in [1.807, 2.05) is 18.4 Å². The van der Waals surface area contributed by atoms with Crippen LogP contribution in [0.3, 0.4) is 0 Å². The van der Waals surface area contributed by atoms with Crippen molar-refractivity contribution in [1.82, 2.24) is 5.32 Å². The van der Waals surface area contributed by atoms with Crippen LogP contribution in [0.1, 0.15) is 16.8 Å². The predicted octanol–water partition coefficient (Wildman–Crippen LogP) is 1.61. The summed E-state index contributed by atoms with van der Waals surface area (Å²) in [5.41, 5.74) is 0.545. The summed E-state index contributed by atoms with van der Waals surface area (Å²) in [7, 11) is 0. The number of aliphatic carboxylic acids is 1. The number of amides is 1. The molecule has 0 bridgehead atoms. The molecule has 86 valence electrons. The summed E-state index contributed by atoms with van der Waals surface area (Å²) >= 11 is 1.60. The number of nitrogens with one attached hydrogen (secondary N) is 1. The Hall–Kier alpha value is -1.49. The number of benzene rings is 1. The molecule has 0 saturated carbocycles. The molecule has 0 unspecified atom stereocenters. The maximum absolute atomic E-state index is 11.5. The molecule has 0 aliphatic carbocycles. The van der Waals surface area contributed by atoms with Crippen LogP contribution in [0.4, 0.5) is 0 Å². The van der Waals surface area contributed by atoms with E-state index in [0.29, 0.717) is 5.56 Å². The van der Waals surface area contributed by atoms with Crippen molar-refractivity contribution in [3.8, 4) is 0 Å². The number of carbonyl (C=O) groups excluding carboxylic acids is 1. The third kappa shape index (κ3) is 3.94. The Kier molecular flexibility index (Phi) is 4.85. The number of carboxylic acid groups (broad SMARTS) is 1. The molecule has 0 aliphatic heterocycles. The van der Waals surface area contributed by atoms with Gasteiger partial charge in [0.2, 0.25) is 0 Å². The molecule has 0 atom stereocenters. The Bertz CT molecular complexity index is 375. The van der Waals surface area contributed by atoms with E-state index in [9.17, 15) is 9.59 Å². The highest BCUT2D eigenvalue weighted by Crippen LogP contribution is 2.14. The summed E-state index contributed by atoms with van der Waals surface area (Å²) < 4.78 is 0. The fraction of sp³-hybridized carbons (Fsp3) is 0.273. The lowest BCUT2D eigenvalue weighted by Gasteiger charge is -2.03. The molecule has 1 amide bonds. The molecular formula is C11H13NO3S. The average molecular weight is 239 g/mol. The normalized spacial score (nSPS) is 9.81. The third-order valence-electron chi connectivity index (χ3n) is 1.98. The number of carboxylic acids is 1. The second-order valence-electron chi connectivity index (χ2n) is 3.13. The van der Waals surface area contributed by atoms with Gasteiger partial charge >= 0.3 is 5.97 Å². The van der Waals surface area contributed by atoms with E-state index in [1.165, 1.54) is 0 Å². The van der Waals surface area contributed by atoms with Crippen LogP contribution < -0.4 is 5.32 Å². The number of rotatable bonds is 5. The zero-order chi connectivity index (χ0) is 12.0. The van der Waals surface area contributed by atoms with Gasteiger partial charge in [0.1, 0.15) is 0 Å². The Morgan fingerprint density at radius 2 is 1.94 bits per heavy atom. The van der Waals surface area contributed by atoms with E-state index in [-0.39, 0.29) is 18.9 Å². The van der Waals surface area contributed by atoms with Crippen LogP contribution in [0.25, 0.3) is 0 Å². The van der Waals surface area contributed by atoms with Crippen molar-refractivity contribution in [3.63, 3.8) is 0 Å². The Balaban J connectivity index is 2.49. The summed E-state index contributed by atoms with van der Waals surface area (Å²) in [6.45, 7) is 0.151. The lowest BCUT2D eigenvalue weighted by Crippen LogP contribution is -2.25. The molecule has 1 aromatic carbocycles. The van der Waals surface area contributed by atoms with Crippen LogP contribution in [0, 0.1) is 0 Å². The van der Waals surface area contributed by atoms with Crippen LogP contribution in [0.5, 0.6) is 0 Å². The second-order valence-corrected chi connectivity index (χ2v) is 4.01. The van der Waals surface area contributed by atoms with Crippen molar-refractivity contribution in [2.45, 2.75) is 11.3 Å². The molecule has 0 saturated heterocycles. The van der Waals surface area contributed by atoms with E-state index in [0.717, 1.165) is 4.90 Å². The molecule has 5 heteroatoms. The van der Waals surface area contributed by atoms with Gasteiger partial charge in [0, 0.05) is 17.0 Å². The maximum atomic E-state index is 11.5. The molecule has 1 rings (SSSR count). The van der Waals surface area contributed by atoms with Gasteiger partial charge in [-0.15, -0.1) is 11.8 Å². The first-order valence-corrected chi connectivity index (χ1v) is 6.00. The highest BCUT2D eigenvalue weighted by atomic mass is 32.2. The lowest BCUT2D eigenvalue weighted by molar-refractivity contribution is -0.136. The first kappa shape index (κ1) is 12.6. The molecule has 0 radical (unpaired) electrons. The minimum absolute atomic E-state index is 0.0609. The lowest BCUT2D eigenvalue weighted by atomic mass is 10.2. The van der Waals surface area contributed by atoms with E-state index >= 15 is 0 Å².